The lowest BCUT2D eigenvalue weighted by Gasteiger charge is -2.36. The van der Waals surface area contributed by atoms with Gasteiger partial charge in [-0.15, -0.1) is 0 Å². The van der Waals surface area contributed by atoms with Crippen molar-refractivity contribution in [3.8, 4) is 0 Å². The Balaban J connectivity index is 1.36. The van der Waals surface area contributed by atoms with Gasteiger partial charge in [-0.2, -0.15) is 0 Å². The third kappa shape index (κ3) is 3.35. The van der Waals surface area contributed by atoms with E-state index in [1.807, 2.05) is 11.0 Å². The van der Waals surface area contributed by atoms with Gasteiger partial charge < -0.3 is 14.8 Å². The van der Waals surface area contributed by atoms with Crippen LogP contribution in [0.2, 0.25) is 0 Å². The Labute approximate surface area is 154 Å². The standard InChI is InChI=1S/C21H27N3O2/c1-15(25)23-12-16-9-10-18(14-23)24(13-16)21(26)8-4-5-17-11-22-20-7-3-2-6-19(17)20/h2-3,6-7,11,16,18,22H,4-5,8-10,12-14H2,1H3/t16-,18+/m1/s1. The number of amides is 2. The Hall–Kier alpha value is -2.30. The van der Waals surface area contributed by atoms with Gasteiger partial charge in [-0.3, -0.25) is 9.59 Å². The van der Waals surface area contributed by atoms with Crippen molar-refractivity contribution in [2.45, 2.75) is 45.1 Å². The molecule has 1 aromatic heterocycles. The summed E-state index contributed by atoms with van der Waals surface area (Å²) in [6.45, 7) is 3.98. The summed E-state index contributed by atoms with van der Waals surface area (Å²) in [5.41, 5.74) is 2.44. The molecule has 5 rings (SSSR count). The largest absolute Gasteiger partial charge is 0.361 e. The molecule has 1 aromatic carbocycles. The molecule has 5 nitrogen and oxygen atoms in total. The van der Waals surface area contributed by atoms with Crippen LogP contribution in [-0.4, -0.2) is 52.3 Å². The molecule has 4 heterocycles. The summed E-state index contributed by atoms with van der Waals surface area (Å²) in [5.74, 6) is 0.829. The van der Waals surface area contributed by atoms with Crippen LogP contribution in [-0.2, 0) is 16.0 Å². The Kier molecular flexibility index (Phi) is 4.70. The average molecular weight is 353 g/mol. The van der Waals surface area contributed by atoms with Crippen molar-refractivity contribution in [1.29, 1.82) is 0 Å². The molecule has 2 aromatic rings. The highest BCUT2D eigenvalue weighted by molar-refractivity contribution is 5.83. The molecule has 2 atom stereocenters. The molecule has 0 aliphatic carbocycles. The summed E-state index contributed by atoms with van der Waals surface area (Å²) < 4.78 is 0. The fourth-order valence-corrected chi connectivity index (χ4v) is 4.56. The normalized spacial score (nSPS) is 22.7. The van der Waals surface area contributed by atoms with Gasteiger partial charge >= 0.3 is 0 Å². The van der Waals surface area contributed by atoms with Crippen molar-refractivity contribution in [1.82, 2.24) is 14.8 Å². The molecule has 0 saturated carbocycles. The fourth-order valence-electron chi connectivity index (χ4n) is 4.56. The number of aromatic amines is 1. The van der Waals surface area contributed by atoms with Gasteiger partial charge in [0.15, 0.2) is 0 Å². The molecular formula is C21H27N3O2. The molecule has 0 radical (unpaired) electrons. The van der Waals surface area contributed by atoms with E-state index in [4.69, 9.17) is 0 Å². The van der Waals surface area contributed by atoms with Crippen LogP contribution >= 0.6 is 0 Å². The number of aromatic nitrogens is 1. The summed E-state index contributed by atoms with van der Waals surface area (Å²) in [4.78, 5) is 31.9. The molecule has 3 aliphatic rings. The number of rotatable bonds is 4. The number of benzene rings is 1. The van der Waals surface area contributed by atoms with Crippen LogP contribution in [0.5, 0.6) is 0 Å². The molecule has 26 heavy (non-hydrogen) atoms. The third-order valence-corrected chi connectivity index (χ3v) is 5.99. The predicted octanol–water partition coefficient (Wildman–Crippen LogP) is 2.96. The zero-order chi connectivity index (χ0) is 18.1. The number of para-hydroxylation sites is 1. The minimum atomic E-state index is 0.135. The summed E-state index contributed by atoms with van der Waals surface area (Å²) in [6, 6.07) is 8.51. The number of nitrogens with one attached hydrogen (secondary N) is 1. The Morgan fingerprint density at radius 3 is 2.85 bits per heavy atom. The minimum absolute atomic E-state index is 0.135. The average Bonchev–Trinajstić information content (AvgIpc) is 2.82. The first kappa shape index (κ1) is 17.1. The molecule has 2 amide bonds. The van der Waals surface area contributed by atoms with E-state index in [0.717, 1.165) is 44.3 Å². The topological polar surface area (TPSA) is 56.4 Å². The number of piperidine rings is 1. The molecule has 5 heteroatoms. The van der Waals surface area contributed by atoms with Crippen LogP contribution in [0.15, 0.2) is 30.5 Å². The van der Waals surface area contributed by atoms with Crippen molar-refractivity contribution >= 4 is 22.7 Å². The first-order valence-corrected chi connectivity index (χ1v) is 9.72. The van der Waals surface area contributed by atoms with Gasteiger partial charge in [0.05, 0.1) is 0 Å². The maximum Gasteiger partial charge on any atom is 0.222 e. The second-order valence-electron chi connectivity index (χ2n) is 7.78. The van der Waals surface area contributed by atoms with Crippen molar-refractivity contribution in [2.24, 2.45) is 5.92 Å². The number of hydrogen-bond donors (Lipinski definition) is 1. The maximum atomic E-state index is 12.8. The van der Waals surface area contributed by atoms with Gasteiger partial charge in [0.2, 0.25) is 11.8 Å². The molecule has 3 saturated heterocycles. The van der Waals surface area contributed by atoms with E-state index in [1.54, 1.807) is 6.92 Å². The van der Waals surface area contributed by atoms with Gasteiger partial charge in [0.25, 0.3) is 0 Å². The number of aryl methyl sites for hydroxylation is 1. The van der Waals surface area contributed by atoms with E-state index >= 15 is 0 Å². The summed E-state index contributed by atoms with van der Waals surface area (Å²) in [5, 5.41) is 1.26. The zero-order valence-corrected chi connectivity index (χ0v) is 15.4. The van der Waals surface area contributed by atoms with E-state index in [9.17, 15) is 9.59 Å². The summed E-state index contributed by atoms with van der Waals surface area (Å²) in [6.07, 6.45) is 6.59. The van der Waals surface area contributed by atoms with Gasteiger partial charge in [-0.1, -0.05) is 18.2 Å². The van der Waals surface area contributed by atoms with E-state index in [-0.39, 0.29) is 17.9 Å². The lowest BCUT2D eigenvalue weighted by atomic mass is 9.94. The van der Waals surface area contributed by atoms with Crippen molar-refractivity contribution < 1.29 is 9.59 Å². The SMILES string of the molecule is CC(=O)N1C[C@H]2CC[C@@H](C1)N(C(=O)CCCc1c[nH]c3ccccc13)C2. The molecule has 2 bridgehead atoms. The fraction of sp³-hybridized carbons (Fsp3) is 0.524. The van der Waals surface area contributed by atoms with Crippen LogP contribution in [0.1, 0.15) is 38.2 Å². The van der Waals surface area contributed by atoms with E-state index in [2.05, 4.69) is 34.3 Å². The van der Waals surface area contributed by atoms with E-state index in [0.29, 0.717) is 18.9 Å². The van der Waals surface area contributed by atoms with Crippen LogP contribution in [0.25, 0.3) is 10.9 Å². The Morgan fingerprint density at radius 2 is 2.00 bits per heavy atom. The van der Waals surface area contributed by atoms with Gasteiger partial charge in [-0.05, 0) is 43.2 Å². The Morgan fingerprint density at radius 1 is 1.15 bits per heavy atom. The van der Waals surface area contributed by atoms with Gasteiger partial charge in [0, 0.05) is 56.1 Å². The highest BCUT2D eigenvalue weighted by atomic mass is 16.2. The predicted molar refractivity (Wildman–Crippen MR) is 102 cm³/mol. The van der Waals surface area contributed by atoms with Crippen LogP contribution < -0.4 is 0 Å². The lowest BCUT2D eigenvalue weighted by molar-refractivity contribution is -0.136. The maximum absolute atomic E-state index is 12.8. The molecule has 0 unspecified atom stereocenters. The number of carbonyl (C=O) groups excluding carboxylic acids is 2. The van der Waals surface area contributed by atoms with E-state index < -0.39 is 0 Å². The molecule has 3 fully saturated rings. The van der Waals surface area contributed by atoms with Crippen molar-refractivity contribution in [3.63, 3.8) is 0 Å². The number of H-pyrrole nitrogens is 1. The lowest BCUT2D eigenvalue weighted by Crippen LogP contribution is -2.47. The highest BCUT2D eigenvalue weighted by Gasteiger charge is 2.37. The first-order valence-electron chi connectivity index (χ1n) is 9.72. The zero-order valence-electron chi connectivity index (χ0n) is 15.4. The third-order valence-electron chi connectivity index (χ3n) is 5.99. The number of hydrogen-bond acceptors (Lipinski definition) is 2. The van der Waals surface area contributed by atoms with Crippen molar-refractivity contribution in [2.75, 3.05) is 19.6 Å². The molecule has 1 N–H and O–H groups in total. The molecule has 0 spiro atoms. The summed E-state index contributed by atoms with van der Waals surface area (Å²) in [7, 11) is 0. The monoisotopic (exact) mass is 353 g/mol. The second-order valence-corrected chi connectivity index (χ2v) is 7.78. The quantitative estimate of drug-likeness (QED) is 0.919. The molecule has 138 valence electrons. The number of fused-ring (bicyclic) bond motifs is 5. The van der Waals surface area contributed by atoms with Crippen LogP contribution in [0.4, 0.5) is 0 Å². The van der Waals surface area contributed by atoms with Crippen LogP contribution in [0.3, 0.4) is 0 Å². The van der Waals surface area contributed by atoms with Crippen molar-refractivity contribution in [3.05, 3.63) is 36.0 Å². The highest BCUT2D eigenvalue weighted by Crippen LogP contribution is 2.29. The number of carbonyl (C=O) groups is 2. The smallest absolute Gasteiger partial charge is 0.222 e. The Bertz CT molecular complexity index is 812. The number of nitrogens with zero attached hydrogens (tertiary/aromatic N) is 2. The first-order chi connectivity index (χ1) is 12.6. The summed E-state index contributed by atoms with van der Waals surface area (Å²) >= 11 is 0. The van der Waals surface area contributed by atoms with Gasteiger partial charge in [0.1, 0.15) is 0 Å². The van der Waals surface area contributed by atoms with Gasteiger partial charge in [-0.25, -0.2) is 0 Å². The minimum Gasteiger partial charge on any atom is -0.361 e. The molecule has 3 aliphatic heterocycles. The van der Waals surface area contributed by atoms with E-state index in [1.165, 1.54) is 10.9 Å². The second kappa shape index (κ2) is 7.14. The molecular weight excluding hydrogens is 326 g/mol. The van der Waals surface area contributed by atoms with Crippen LogP contribution in [0, 0.1) is 5.92 Å².